The van der Waals surface area contributed by atoms with Gasteiger partial charge in [0, 0.05) is 25.4 Å². The van der Waals surface area contributed by atoms with Crippen LogP contribution in [0.3, 0.4) is 0 Å². The zero-order chi connectivity index (χ0) is 13.7. The lowest BCUT2D eigenvalue weighted by Crippen LogP contribution is -2.21. The Bertz CT molecular complexity index is 464. The van der Waals surface area contributed by atoms with Crippen molar-refractivity contribution in [1.82, 2.24) is 0 Å². The first-order chi connectivity index (χ1) is 8.47. The molecule has 0 unspecified atom stereocenters. The van der Waals surface area contributed by atoms with E-state index in [9.17, 15) is 14.9 Å². The van der Waals surface area contributed by atoms with Gasteiger partial charge in [0.05, 0.1) is 10.5 Å². The fraction of sp³-hybridized carbons (Fsp3) is 0.364. The molecular formula is C11H14N2O4S. The number of hydrogen-bond donors (Lipinski definition) is 1. The Hall–Kier alpha value is -1.76. The number of carbonyl (C=O) groups is 1. The van der Waals surface area contributed by atoms with Crippen LogP contribution >= 0.6 is 11.8 Å². The summed E-state index contributed by atoms with van der Waals surface area (Å²) in [6, 6.07) is 3.81. The van der Waals surface area contributed by atoms with Gasteiger partial charge in [0.25, 0.3) is 5.69 Å². The van der Waals surface area contributed by atoms with Crippen LogP contribution in [0.4, 0.5) is 11.4 Å². The van der Waals surface area contributed by atoms with Crippen LogP contribution in [0.5, 0.6) is 0 Å². The summed E-state index contributed by atoms with van der Waals surface area (Å²) in [5.41, 5.74) is 0.296. The van der Waals surface area contributed by atoms with Crippen molar-refractivity contribution in [2.45, 2.75) is 0 Å². The lowest BCUT2D eigenvalue weighted by Gasteiger charge is -2.18. The zero-order valence-corrected chi connectivity index (χ0v) is 10.9. The second-order valence-corrected chi connectivity index (χ2v) is 4.67. The molecule has 6 nitrogen and oxygen atoms in total. The average Bonchev–Trinajstić information content (AvgIpc) is 2.34. The highest BCUT2D eigenvalue weighted by atomic mass is 32.2. The van der Waals surface area contributed by atoms with Crippen LogP contribution in [0.15, 0.2) is 18.2 Å². The van der Waals surface area contributed by atoms with E-state index in [4.69, 9.17) is 5.11 Å². The van der Waals surface area contributed by atoms with E-state index in [1.807, 2.05) is 6.26 Å². The molecule has 0 fully saturated rings. The lowest BCUT2D eigenvalue weighted by atomic mass is 10.1. The van der Waals surface area contributed by atoms with Crippen LogP contribution < -0.4 is 4.90 Å². The number of nitro groups is 1. The predicted molar refractivity (Wildman–Crippen MR) is 71.7 cm³/mol. The normalized spacial score (nSPS) is 10.1. The molecule has 0 atom stereocenters. The van der Waals surface area contributed by atoms with Gasteiger partial charge in [0.1, 0.15) is 5.69 Å². The van der Waals surface area contributed by atoms with Crippen molar-refractivity contribution in [2.75, 3.05) is 30.5 Å². The van der Waals surface area contributed by atoms with Gasteiger partial charge in [-0.05, 0) is 18.4 Å². The van der Waals surface area contributed by atoms with Crippen LogP contribution in [-0.2, 0) is 0 Å². The quantitative estimate of drug-likeness (QED) is 0.629. The number of benzene rings is 1. The molecule has 0 aliphatic carbocycles. The summed E-state index contributed by atoms with van der Waals surface area (Å²) in [5.74, 6) is -0.283. The number of rotatable bonds is 6. The molecule has 0 radical (unpaired) electrons. The fourth-order valence-corrected chi connectivity index (χ4v) is 1.92. The number of aromatic carboxylic acids is 1. The molecule has 0 aromatic heterocycles. The van der Waals surface area contributed by atoms with Crippen molar-refractivity contribution < 1.29 is 14.8 Å². The zero-order valence-electron chi connectivity index (χ0n) is 10.1. The molecule has 0 bridgehead atoms. The van der Waals surface area contributed by atoms with Gasteiger partial charge in [-0.25, -0.2) is 4.79 Å². The van der Waals surface area contributed by atoms with Crippen LogP contribution in [-0.4, -0.2) is 41.6 Å². The SMILES string of the molecule is CSCCN(C)c1cc(C(=O)O)ccc1[N+](=O)[O-]. The second-order valence-electron chi connectivity index (χ2n) is 3.68. The number of hydrogen-bond acceptors (Lipinski definition) is 5. The van der Waals surface area contributed by atoms with E-state index >= 15 is 0 Å². The molecule has 1 N–H and O–H groups in total. The summed E-state index contributed by atoms with van der Waals surface area (Å²) in [4.78, 5) is 23.0. The van der Waals surface area contributed by atoms with E-state index in [2.05, 4.69) is 0 Å². The molecular weight excluding hydrogens is 256 g/mol. The van der Waals surface area contributed by atoms with Gasteiger partial charge in [-0.2, -0.15) is 11.8 Å². The van der Waals surface area contributed by atoms with Gasteiger partial charge in [0.15, 0.2) is 0 Å². The number of nitro benzene ring substituents is 1. The van der Waals surface area contributed by atoms with E-state index in [0.29, 0.717) is 12.2 Å². The first kappa shape index (κ1) is 14.3. The van der Waals surface area contributed by atoms with Crippen molar-refractivity contribution >= 4 is 29.1 Å². The Morgan fingerprint density at radius 2 is 2.22 bits per heavy atom. The van der Waals surface area contributed by atoms with E-state index < -0.39 is 10.9 Å². The standard InChI is InChI=1S/C11H14N2O4S/c1-12(5-6-18-2)10-7-8(11(14)15)3-4-9(10)13(16)17/h3-4,7H,5-6H2,1-2H3,(H,14,15). The van der Waals surface area contributed by atoms with E-state index in [0.717, 1.165) is 5.75 Å². The Kier molecular flexibility index (Phi) is 4.96. The van der Waals surface area contributed by atoms with Crippen LogP contribution in [0, 0.1) is 10.1 Å². The smallest absolute Gasteiger partial charge is 0.335 e. The fourth-order valence-electron chi connectivity index (χ4n) is 1.47. The van der Waals surface area contributed by atoms with Crippen LogP contribution in [0.1, 0.15) is 10.4 Å². The van der Waals surface area contributed by atoms with Gasteiger partial charge in [-0.1, -0.05) is 0 Å². The minimum Gasteiger partial charge on any atom is -0.478 e. The lowest BCUT2D eigenvalue weighted by molar-refractivity contribution is -0.384. The summed E-state index contributed by atoms with van der Waals surface area (Å²) in [6.45, 7) is 0.616. The van der Waals surface area contributed by atoms with Crippen molar-refractivity contribution in [2.24, 2.45) is 0 Å². The largest absolute Gasteiger partial charge is 0.478 e. The molecule has 0 aliphatic rings. The number of thioether (sulfide) groups is 1. The van der Waals surface area contributed by atoms with Crippen LogP contribution in [0.2, 0.25) is 0 Å². The Balaban J connectivity index is 3.14. The Morgan fingerprint density at radius 3 is 2.72 bits per heavy atom. The monoisotopic (exact) mass is 270 g/mol. The van der Waals surface area contributed by atoms with Gasteiger partial charge < -0.3 is 10.0 Å². The van der Waals surface area contributed by atoms with Crippen molar-refractivity contribution in [3.63, 3.8) is 0 Å². The molecule has 0 saturated heterocycles. The Labute approximate surface area is 109 Å². The molecule has 7 heteroatoms. The molecule has 1 aromatic carbocycles. The third-order valence-electron chi connectivity index (χ3n) is 2.46. The number of carboxylic acids is 1. The molecule has 1 rings (SSSR count). The maximum Gasteiger partial charge on any atom is 0.335 e. The molecule has 0 spiro atoms. The van der Waals surface area contributed by atoms with Crippen molar-refractivity contribution in [3.05, 3.63) is 33.9 Å². The molecule has 0 heterocycles. The molecule has 1 aromatic rings. The topological polar surface area (TPSA) is 83.7 Å². The predicted octanol–water partition coefficient (Wildman–Crippen LogP) is 2.09. The third kappa shape index (κ3) is 3.36. The number of anilines is 1. The van der Waals surface area contributed by atoms with Gasteiger partial charge in [0.2, 0.25) is 0 Å². The average molecular weight is 270 g/mol. The summed E-state index contributed by atoms with van der Waals surface area (Å²) >= 11 is 1.62. The summed E-state index contributed by atoms with van der Waals surface area (Å²) in [6.07, 6.45) is 1.94. The highest BCUT2D eigenvalue weighted by Gasteiger charge is 2.19. The van der Waals surface area contributed by atoms with E-state index in [1.165, 1.54) is 18.2 Å². The van der Waals surface area contributed by atoms with Crippen molar-refractivity contribution in [1.29, 1.82) is 0 Å². The molecule has 0 aliphatic heterocycles. The first-order valence-corrected chi connectivity index (χ1v) is 6.58. The maximum atomic E-state index is 10.9. The number of carboxylic acid groups (broad SMARTS) is 1. The van der Waals surface area contributed by atoms with E-state index in [-0.39, 0.29) is 11.3 Å². The minimum atomic E-state index is -1.09. The third-order valence-corrected chi connectivity index (χ3v) is 3.05. The molecule has 0 saturated carbocycles. The van der Waals surface area contributed by atoms with Crippen LogP contribution in [0.25, 0.3) is 0 Å². The highest BCUT2D eigenvalue weighted by Crippen LogP contribution is 2.28. The molecule has 98 valence electrons. The second kappa shape index (κ2) is 6.25. The maximum absolute atomic E-state index is 10.9. The first-order valence-electron chi connectivity index (χ1n) is 5.19. The summed E-state index contributed by atoms with van der Waals surface area (Å²) in [5, 5.41) is 19.8. The van der Waals surface area contributed by atoms with Gasteiger partial charge in [-0.15, -0.1) is 0 Å². The van der Waals surface area contributed by atoms with Gasteiger partial charge in [-0.3, -0.25) is 10.1 Å². The van der Waals surface area contributed by atoms with Gasteiger partial charge >= 0.3 is 5.97 Å². The molecule has 18 heavy (non-hydrogen) atoms. The minimum absolute atomic E-state index is 0.0478. The Morgan fingerprint density at radius 1 is 1.56 bits per heavy atom. The summed E-state index contributed by atoms with van der Waals surface area (Å²) < 4.78 is 0. The van der Waals surface area contributed by atoms with Crippen molar-refractivity contribution in [3.8, 4) is 0 Å². The molecule has 0 amide bonds. The van der Waals surface area contributed by atoms with E-state index in [1.54, 1.807) is 23.7 Å². The summed E-state index contributed by atoms with van der Waals surface area (Å²) in [7, 11) is 1.71. The number of nitrogens with zero attached hydrogens (tertiary/aromatic N) is 2. The highest BCUT2D eigenvalue weighted by molar-refractivity contribution is 7.98.